The number of hydrogen-bond donors (Lipinski definition) is 1. The lowest BCUT2D eigenvalue weighted by Gasteiger charge is -2.15. The van der Waals surface area contributed by atoms with Crippen LogP contribution in [0, 0.1) is 0 Å². The summed E-state index contributed by atoms with van der Waals surface area (Å²) in [5.74, 6) is -0.135. The van der Waals surface area contributed by atoms with Crippen molar-refractivity contribution in [3.05, 3.63) is 29.0 Å². The van der Waals surface area contributed by atoms with Crippen molar-refractivity contribution in [2.24, 2.45) is 0 Å². The van der Waals surface area contributed by atoms with Gasteiger partial charge in [0.25, 0.3) is 5.91 Å². The highest BCUT2D eigenvalue weighted by Gasteiger charge is 2.17. The van der Waals surface area contributed by atoms with Crippen LogP contribution in [0.3, 0.4) is 0 Å². The van der Waals surface area contributed by atoms with Crippen LogP contribution in [0.5, 0.6) is 0 Å². The number of carbonyl (C=O) groups excluding carboxylic acids is 2. The van der Waals surface area contributed by atoms with Gasteiger partial charge in [0, 0.05) is 37.8 Å². The third-order valence-corrected chi connectivity index (χ3v) is 3.28. The Labute approximate surface area is 117 Å². The third kappa shape index (κ3) is 3.92. The maximum absolute atomic E-state index is 11.8. The molecule has 1 aliphatic rings. The molecular formula is C13H16ClN3O2. The molecule has 0 aliphatic carbocycles. The van der Waals surface area contributed by atoms with Crippen LogP contribution >= 0.6 is 11.6 Å². The Kier molecular flexibility index (Phi) is 4.74. The summed E-state index contributed by atoms with van der Waals surface area (Å²) in [5, 5.41) is 2.99. The standard InChI is InChI=1S/C13H16ClN3O2/c14-11-9-10(3-5-15-11)13(19)16-6-4-12(18)17-7-1-2-8-17/h3,5,9H,1-2,4,6-8H2,(H,16,19). The SMILES string of the molecule is O=C(NCCC(=O)N1CCCC1)c1ccnc(Cl)c1. The molecular weight excluding hydrogens is 266 g/mol. The molecule has 0 atom stereocenters. The third-order valence-electron chi connectivity index (χ3n) is 3.07. The molecule has 0 spiro atoms. The fourth-order valence-corrected chi connectivity index (χ4v) is 2.23. The van der Waals surface area contributed by atoms with Gasteiger partial charge >= 0.3 is 0 Å². The maximum Gasteiger partial charge on any atom is 0.251 e. The van der Waals surface area contributed by atoms with Gasteiger partial charge in [-0.3, -0.25) is 9.59 Å². The Balaban J connectivity index is 1.76. The van der Waals surface area contributed by atoms with Gasteiger partial charge in [-0.05, 0) is 25.0 Å². The summed E-state index contributed by atoms with van der Waals surface area (Å²) in [4.78, 5) is 29.2. The summed E-state index contributed by atoms with van der Waals surface area (Å²) < 4.78 is 0. The molecule has 0 radical (unpaired) electrons. The van der Waals surface area contributed by atoms with E-state index in [9.17, 15) is 9.59 Å². The Bertz CT molecular complexity index is 473. The number of nitrogens with zero attached hydrogens (tertiary/aromatic N) is 2. The smallest absolute Gasteiger partial charge is 0.251 e. The van der Waals surface area contributed by atoms with E-state index in [2.05, 4.69) is 10.3 Å². The Hall–Kier alpha value is -1.62. The van der Waals surface area contributed by atoms with Gasteiger partial charge in [-0.15, -0.1) is 0 Å². The molecule has 1 aromatic heterocycles. The van der Waals surface area contributed by atoms with Crippen molar-refractivity contribution in [3.63, 3.8) is 0 Å². The molecule has 102 valence electrons. The van der Waals surface area contributed by atoms with Crippen LogP contribution < -0.4 is 5.32 Å². The quantitative estimate of drug-likeness (QED) is 0.850. The molecule has 0 unspecified atom stereocenters. The molecule has 1 N–H and O–H groups in total. The van der Waals surface area contributed by atoms with Crippen molar-refractivity contribution in [2.45, 2.75) is 19.3 Å². The van der Waals surface area contributed by atoms with Crippen LogP contribution in [0.15, 0.2) is 18.3 Å². The van der Waals surface area contributed by atoms with E-state index >= 15 is 0 Å². The van der Waals surface area contributed by atoms with Crippen molar-refractivity contribution < 1.29 is 9.59 Å². The van der Waals surface area contributed by atoms with E-state index in [-0.39, 0.29) is 17.0 Å². The van der Waals surface area contributed by atoms with Crippen LogP contribution in [0.2, 0.25) is 5.15 Å². The molecule has 0 bridgehead atoms. The fraction of sp³-hybridized carbons (Fsp3) is 0.462. The van der Waals surface area contributed by atoms with E-state index in [4.69, 9.17) is 11.6 Å². The molecule has 1 saturated heterocycles. The van der Waals surface area contributed by atoms with Crippen molar-refractivity contribution in [3.8, 4) is 0 Å². The normalized spacial score (nSPS) is 14.5. The highest BCUT2D eigenvalue weighted by atomic mass is 35.5. The van der Waals surface area contributed by atoms with Crippen LogP contribution in [0.4, 0.5) is 0 Å². The number of halogens is 1. The highest BCUT2D eigenvalue weighted by Crippen LogP contribution is 2.09. The predicted octanol–water partition coefficient (Wildman–Crippen LogP) is 1.48. The Morgan fingerprint density at radius 1 is 1.37 bits per heavy atom. The van der Waals surface area contributed by atoms with Gasteiger partial charge in [0.15, 0.2) is 0 Å². The fourth-order valence-electron chi connectivity index (χ4n) is 2.05. The number of aromatic nitrogens is 1. The lowest BCUT2D eigenvalue weighted by molar-refractivity contribution is -0.129. The molecule has 1 aromatic rings. The largest absolute Gasteiger partial charge is 0.352 e. The van der Waals surface area contributed by atoms with Gasteiger partial charge in [0.2, 0.25) is 5.91 Å². The first-order chi connectivity index (χ1) is 9.16. The van der Waals surface area contributed by atoms with E-state index in [1.165, 1.54) is 12.3 Å². The number of amides is 2. The van der Waals surface area contributed by atoms with Crippen molar-refractivity contribution in [2.75, 3.05) is 19.6 Å². The first-order valence-electron chi connectivity index (χ1n) is 6.34. The zero-order valence-electron chi connectivity index (χ0n) is 10.6. The molecule has 19 heavy (non-hydrogen) atoms. The van der Waals surface area contributed by atoms with E-state index < -0.39 is 0 Å². The number of carbonyl (C=O) groups is 2. The molecule has 2 amide bonds. The Morgan fingerprint density at radius 2 is 2.11 bits per heavy atom. The van der Waals surface area contributed by atoms with Gasteiger partial charge in [-0.25, -0.2) is 4.98 Å². The number of likely N-dealkylation sites (tertiary alicyclic amines) is 1. The number of rotatable bonds is 4. The van der Waals surface area contributed by atoms with Gasteiger partial charge in [-0.1, -0.05) is 11.6 Å². The predicted molar refractivity (Wildman–Crippen MR) is 72.0 cm³/mol. The minimum Gasteiger partial charge on any atom is -0.352 e. The lowest BCUT2D eigenvalue weighted by Crippen LogP contribution is -2.32. The summed E-state index contributed by atoms with van der Waals surface area (Å²) in [6.07, 6.45) is 3.97. The Morgan fingerprint density at radius 3 is 2.79 bits per heavy atom. The zero-order chi connectivity index (χ0) is 13.7. The average Bonchev–Trinajstić information content (AvgIpc) is 2.92. The molecule has 2 rings (SSSR count). The van der Waals surface area contributed by atoms with Gasteiger partial charge in [0.05, 0.1) is 0 Å². The van der Waals surface area contributed by atoms with E-state index in [1.807, 2.05) is 4.90 Å². The molecule has 6 heteroatoms. The van der Waals surface area contributed by atoms with Crippen LogP contribution in [0.25, 0.3) is 0 Å². The van der Waals surface area contributed by atoms with Gasteiger partial charge < -0.3 is 10.2 Å². The summed E-state index contributed by atoms with van der Waals surface area (Å²) in [6, 6.07) is 3.09. The second-order valence-electron chi connectivity index (χ2n) is 4.46. The molecule has 0 saturated carbocycles. The second kappa shape index (κ2) is 6.52. The number of pyridine rings is 1. The van der Waals surface area contributed by atoms with Crippen molar-refractivity contribution in [1.29, 1.82) is 0 Å². The minimum absolute atomic E-state index is 0.102. The molecule has 2 heterocycles. The van der Waals surface area contributed by atoms with E-state index in [1.54, 1.807) is 6.07 Å². The van der Waals surface area contributed by atoms with E-state index in [0.717, 1.165) is 25.9 Å². The molecule has 5 nitrogen and oxygen atoms in total. The zero-order valence-corrected chi connectivity index (χ0v) is 11.3. The average molecular weight is 282 g/mol. The highest BCUT2D eigenvalue weighted by molar-refractivity contribution is 6.29. The first-order valence-corrected chi connectivity index (χ1v) is 6.72. The monoisotopic (exact) mass is 281 g/mol. The maximum atomic E-state index is 11.8. The lowest BCUT2D eigenvalue weighted by atomic mass is 10.2. The van der Waals surface area contributed by atoms with E-state index in [0.29, 0.717) is 18.5 Å². The topological polar surface area (TPSA) is 62.3 Å². The van der Waals surface area contributed by atoms with Crippen LogP contribution in [-0.2, 0) is 4.79 Å². The summed E-state index contributed by atoms with van der Waals surface area (Å²) in [7, 11) is 0. The summed E-state index contributed by atoms with van der Waals surface area (Å²) in [5.41, 5.74) is 0.452. The number of nitrogens with one attached hydrogen (secondary N) is 1. The summed E-state index contributed by atoms with van der Waals surface area (Å²) in [6.45, 7) is 2.02. The molecule has 1 fully saturated rings. The summed E-state index contributed by atoms with van der Waals surface area (Å²) >= 11 is 5.71. The molecule has 1 aliphatic heterocycles. The molecule has 0 aromatic carbocycles. The second-order valence-corrected chi connectivity index (χ2v) is 4.85. The van der Waals surface area contributed by atoms with Crippen molar-refractivity contribution in [1.82, 2.24) is 15.2 Å². The van der Waals surface area contributed by atoms with Crippen LogP contribution in [0.1, 0.15) is 29.6 Å². The van der Waals surface area contributed by atoms with Gasteiger partial charge in [-0.2, -0.15) is 0 Å². The number of hydrogen-bond acceptors (Lipinski definition) is 3. The first kappa shape index (κ1) is 13.8. The van der Waals surface area contributed by atoms with Crippen molar-refractivity contribution >= 4 is 23.4 Å². The van der Waals surface area contributed by atoms with Crippen LogP contribution in [-0.4, -0.2) is 41.3 Å². The van der Waals surface area contributed by atoms with Gasteiger partial charge in [0.1, 0.15) is 5.15 Å². The minimum atomic E-state index is -0.237.